The van der Waals surface area contributed by atoms with Crippen LogP contribution in [-0.4, -0.2) is 84.3 Å². The Kier molecular flexibility index (Phi) is 9.67. The number of hydrogen-bond acceptors (Lipinski definition) is 5. The second kappa shape index (κ2) is 11.5. The second-order valence-corrected chi connectivity index (χ2v) is 9.12. The maximum atomic E-state index is 6.05. The van der Waals surface area contributed by atoms with E-state index >= 15 is 0 Å². The van der Waals surface area contributed by atoms with Gasteiger partial charge in [0.05, 0.1) is 16.6 Å². The fourth-order valence-electron chi connectivity index (χ4n) is 3.51. The molecule has 1 saturated heterocycles. The number of thiophene rings is 1. The summed E-state index contributed by atoms with van der Waals surface area (Å²) in [5.41, 5.74) is 1.20. The molecule has 0 amide bonds. The standard InChI is InChI=1S/C19H30ClN7S.HI/c1-21-19(22-12-17(24(2)3)15-11-23-25(4)13-15)27-9-7-26(8-10-27)14-16-5-6-18(20)28-16;/h5-6,11,13,17H,7-10,12,14H2,1-4H3,(H,21,22);1H. The first-order valence-corrected chi connectivity index (χ1v) is 10.7. The first-order chi connectivity index (χ1) is 13.5. The molecule has 0 saturated carbocycles. The minimum Gasteiger partial charge on any atom is -0.354 e. The highest BCUT2D eigenvalue weighted by Crippen LogP contribution is 2.23. The molecule has 1 aliphatic rings. The Hall–Kier alpha value is -0.880. The average Bonchev–Trinajstić information content (AvgIpc) is 3.27. The summed E-state index contributed by atoms with van der Waals surface area (Å²) in [6.45, 7) is 5.75. The fraction of sp³-hybridized carbons (Fsp3) is 0.579. The molecule has 162 valence electrons. The predicted octanol–water partition coefficient (Wildman–Crippen LogP) is 2.75. The summed E-state index contributed by atoms with van der Waals surface area (Å²) in [7, 11) is 8.00. The van der Waals surface area contributed by atoms with Gasteiger partial charge in [0.2, 0.25) is 0 Å². The highest BCUT2D eigenvalue weighted by molar-refractivity contribution is 14.0. The first kappa shape index (κ1) is 24.4. The number of aryl methyl sites for hydroxylation is 1. The summed E-state index contributed by atoms with van der Waals surface area (Å²) >= 11 is 7.72. The zero-order chi connectivity index (χ0) is 20.1. The van der Waals surface area contributed by atoms with E-state index in [2.05, 4.69) is 56.5 Å². The van der Waals surface area contributed by atoms with Gasteiger partial charge in [-0.3, -0.25) is 14.6 Å². The predicted molar refractivity (Wildman–Crippen MR) is 133 cm³/mol. The molecule has 1 aliphatic heterocycles. The van der Waals surface area contributed by atoms with Crippen LogP contribution in [0.1, 0.15) is 16.5 Å². The number of hydrogen-bond donors (Lipinski definition) is 1. The van der Waals surface area contributed by atoms with Gasteiger partial charge in [0, 0.05) is 70.0 Å². The van der Waals surface area contributed by atoms with Gasteiger partial charge in [0.15, 0.2) is 5.96 Å². The molecule has 1 fully saturated rings. The lowest BCUT2D eigenvalue weighted by Gasteiger charge is -2.37. The van der Waals surface area contributed by atoms with Gasteiger partial charge < -0.3 is 15.1 Å². The smallest absolute Gasteiger partial charge is 0.193 e. The van der Waals surface area contributed by atoms with Crippen LogP contribution in [-0.2, 0) is 13.6 Å². The molecule has 2 aromatic rings. The maximum absolute atomic E-state index is 6.05. The fourth-order valence-corrected chi connectivity index (χ4v) is 4.64. The van der Waals surface area contributed by atoms with Crippen LogP contribution >= 0.6 is 46.9 Å². The van der Waals surface area contributed by atoms with Crippen LogP contribution in [0.3, 0.4) is 0 Å². The summed E-state index contributed by atoms with van der Waals surface area (Å²) < 4.78 is 2.71. The molecule has 1 N–H and O–H groups in total. The molecule has 29 heavy (non-hydrogen) atoms. The van der Waals surface area contributed by atoms with E-state index in [9.17, 15) is 0 Å². The van der Waals surface area contributed by atoms with Crippen molar-refractivity contribution in [3.8, 4) is 0 Å². The second-order valence-electron chi connectivity index (χ2n) is 7.32. The zero-order valence-electron chi connectivity index (χ0n) is 17.5. The third-order valence-electron chi connectivity index (χ3n) is 5.08. The Bertz CT molecular complexity index is 783. The SMILES string of the molecule is CN=C(NCC(c1cnn(C)c1)N(C)C)N1CCN(Cc2ccc(Cl)s2)CC1.I. The number of nitrogens with one attached hydrogen (secondary N) is 1. The maximum Gasteiger partial charge on any atom is 0.193 e. The minimum atomic E-state index is 0. The monoisotopic (exact) mass is 551 g/mol. The molecule has 0 radical (unpaired) electrons. The third kappa shape index (κ3) is 6.81. The Labute approximate surface area is 199 Å². The largest absolute Gasteiger partial charge is 0.354 e. The van der Waals surface area contributed by atoms with Crippen LogP contribution in [0.5, 0.6) is 0 Å². The molecule has 1 atom stereocenters. The van der Waals surface area contributed by atoms with Crippen molar-refractivity contribution in [3.63, 3.8) is 0 Å². The Morgan fingerprint density at radius 1 is 1.31 bits per heavy atom. The van der Waals surface area contributed by atoms with E-state index in [0.717, 1.165) is 49.6 Å². The molecule has 0 spiro atoms. The van der Waals surface area contributed by atoms with Gasteiger partial charge in [0.25, 0.3) is 0 Å². The lowest BCUT2D eigenvalue weighted by atomic mass is 10.1. The lowest BCUT2D eigenvalue weighted by Crippen LogP contribution is -2.53. The van der Waals surface area contributed by atoms with Crippen LogP contribution in [0.15, 0.2) is 29.5 Å². The molecule has 0 bridgehead atoms. The van der Waals surface area contributed by atoms with E-state index in [1.165, 1.54) is 10.4 Å². The Balaban J connectivity index is 0.00000300. The van der Waals surface area contributed by atoms with E-state index in [-0.39, 0.29) is 30.0 Å². The van der Waals surface area contributed by atoms with Crippen molar-refractivity contribution in [2.75, 3.05) is 53.9 Å². The summed E-state index contributed by atoms with van der Waals surface area (Å²) in [5, 5.41) is 7.87. The van der Waals surface area contributed by atoms with Gasteiger partial charge in [-0.1, -0.05) is 11.6 Å². The molecule has 0 aliphatic carbocycles. The van der Waals surface area contributed by atoms with Gasteiger partial charge in [0.1, 0.15) is 0 Å². The molecule has 7 nitrogen and oxygen atoms in total. The van der Waals surface area contributed by atoms with Gasteiger partial charge in [-0.25, -0.2) is 0 Å². The van der Waals surface area contributed by atoms with Gasteiger partial charge in [-0.05, 0) is 26.2 Å². The molecule has 3 rings (SSSR count). The summed E-state index contributed by atoms with van der Waals surface area (Å²) in [6, 6.07) is 4.35. The van der Waals surface area contributed by atoms with Crippen LogP contribution in [0.4, 0.5) is 0 Å². The molecular weight excluding hydrogens is 521 g/mol. The molecule has 3 heterocycles. The van der Waals surface area contributed by atoms with Gasteiger partial charge in [-0.15, -0.1) is 35.3 Å². The molecule has 10 heteroatoms. The molecule has 2 aromatic heterocycles. The number of aromatic nitrogens is 2. The van der Waals surface area contributed by atoms with Crippen molar-refractivity contribution < 1.29 is 0 Å². The van der Waals surface area contributed by atoms with Crippen molar-refractivity contribution in [1.29, 1.82) is 0 Å². The van der Waals surface area contributed by atoms with Crippen LogP contribution in [0.25, 0.3) is 0 Å². The van der Waals surface area contributed by atoms with Gasteiger partial charge >= 0.3 is 0 Å². The van der Waals surface area contributed by atoms with E-state index < -0.39 is 0 Å². The highest BCUT2D eigenvalue weighted by atomic mass is 127. The van der Waals surface area contributed by atoms with E-state index in [1.54, 1.807) is 11.3 Å². The average molecular weight is 552 g/mol. The van der Waals surface area contributed by atoms with Crippen molar-refractivity contribution in [1.82, 2.24) is 29.8 Å². The van der Waals surface area contributed by atoms with Crippen molar-refractivity contribution in [2.24, 2.45) is 12.0 Å². The van der Waals surface area contributed by atoms with Crippen LogP contribution in [0, 0.1) is 0 Å². The zero-order valence-corrected chi connectivity index (χ0v) is 21.4. The van der Waals surface area contributed by atoms with Gasteiger partial charge in [-0.2, -0.15) is 5.10 Å². The highest BCUT2D eigenvalue weighted by Gasteiger charge is 2.22. The lowest BCUT2D eigenvalue weighted by molar-refractivity contribution is 0.173. The van der Waals surface area contributed by atoms with Crippen LogP contribution < -0.4 is 5.32 Å². The number of rotatable bonds is 6. The third-order valence-corrected chi connectivity index (χ3v) is 6.29. The quantitative estimate of drug-likeness (QED) is 0.340. The number of likely N-dealkylation sites (N-methyl/N-ethyl adjacent to an activating group) is 1. The summed E-state index contributed by atoms with van der Waals surface area (Å²) in [4.78, 5) is 12.9. The molecule has 1 unspecified atom stereocenters. The number of halogens is 2. The minimum absolute atomic E-state index is 0. The number of nitrogens with zero attached hydrogens (tertiary/aromatic N) is 6. The first-order valence-electron chi connectivity index (χ1n) is 9.53. The Morgan fingerprint density at radius 2 is 2.03 bits per heavy atom. The molecule has 0 aromatic carbocycles. The molecular formula is C19H31ClIN7S. The Morgan fingerprint density at radius 3 is 2.55 bits per heavy atom. The number of guanidine groups is 1. The number of piperazine rings is 1. The topological polar surface area (TPSA) is 51.9 Å². The van der Waals surface area contributed by atoms with E-state index in [4.69, 9.17) is 11.6 Å². The number of aliphatic imine (C=N–C) groups is 1. The van der Waals surface area contributed by atoms with Crippen molar-refractivity contribution in [2.45, 2.75) is 12.6 Å². The normalized spacial score (nSPS) is 16.8. The summed E-state index contributed by atoms with van der Waals surface area (Å²) in [5.74, 6) is 0.967. The van der Waals surface area contributed by atoms with E-state index in [1.807, 2.05) is 31.0 Å². The van der Waals surface area contributed by atoms with E-state index in [0.29, 0.717) is 0 Å². The summed E-state index contributed by atoms with van der Waals surface area (Å²) in [6.07, 6.45) is 4.01. The van der Waals surface area contributed by atoms with Crippen molar-refractivity contribution in [3.05, 3.63) is 39.3 Å². The van der Waals surface area contributed by atoms with Crippen molar-refractivity contribution >= 4 is 52.9 Å². The van der Waals surface area contributed by atoms with Crippen LogP contribution in [0.2, 0.25) is 4.34 Å².